The number of aryl methyl sites for hydroxylation is 1. The molecule has 0 saturated carbocycles. The number of anilines is 1. The molecule has 0 aliphatic carbocycles. The normalized spacial score (nSPS) is 14.6. The Balaban J connectivity index is 1.64. The number of hydrogen-bond donors (Lipinski definition) is 1. The third-order valence-corrected chi connectivity index (χ3v) is 5.44. The minimum Gasteiger partial charge on any atom is -0.465 e. The van der Waals surface area contributed by atoms with Crippen LogP contribution in [-0.4, -0.2) is 35.5 Å². The highest BCUT2D eigenvalue weighted by molar-refractivity contribution is 7.99. The molecular formula is C20H21N3O2S. The maximum atomic E-state index is 12.9. The van der Waals surface area contributed by atoms with E-state index in [1.54, 1.807) is 0 Å². The number of aromatic nitrogens is 1. The molecule has 1 aliphatic rings. The molecule has 1 amide bonds. The summed E-state index contributed by atoms with van der Waals surface area (Å²) in [6.07, 6.45) is 0. The van der Waals surface area contributed by atoms with E-state index < -0.39 is 0 Å². The van der Waals surface area contributed by atoms with Gasteiger partial charge in [0.05, 0.1) is 17.6 Å². The quantitative estimate of drug-likeness (QED) is 0.763. The number of nitrogens with zero attached hydrogens (tertiary/aromatic N) is 2. The monoisotopic (exact) mass is 367 g/mol. The Morgan fingerprint density at radius 1 is 1.23 bits per heavy atom. The molecular weight excluding hydrogens is 346 g/mol. The molecule has 5 nitrogen and oxygen atoms in total. The van der Waals surface area contributed by atoms with Gasteiger partial charge in [-0.25, -0.2) is 4.98 Å². The predicted molar refractivity (Wildman–Crippen MR) is 106 cm³/mol. The van der Waals surface area contributed by atoms with E-state index in [-0.39, 0.29) is 5.91 Å². The van der Waals surface area contributed by atoms with Gasteiger partial charge in [-0.05, 0) is 31.2 Å². The molecule has 1 saturated heterocycles. The second kappa shape index (κ2) is 7.41. The van der Waals surface area contributed by atoms with Gasteiger partial charge in [-0.1, -0.05) is 18.2 Å². The number of benzene rings is 1. The van der Waals surface area contributed by atoms with E-state index in [0.29, 0.717) is 12.1 Å². The van der Waals surface area contributed by atoms with E-state index in [2.05, 4.69) is 10.2 Å². The average molecular weight is 367 g/mol. The largest absolute Gasteiger partial charge is 0.465 e. The van der Waals surface area contributed by atoms with Gasteiger partial charge >= 0.3 is 0 Å². The highest BCUT2D eigenvalue weighted by atomic mass is 32.2. The first-order chi connectivity index (χ1) is 12.7. The number of nitrogens with one attached hydrogen (secondary N) is 1. The number of hydrogen-bond acceptors (Lipinski definition) is 5. The lowest BCUT2D eigenvalue weighted by Crippen LogP contribution is -2.33. The Kier molecular flexibility index (Phi) is 4.84. The van der Waals surface area contributed by atoms with Crippen molar-refractivity contribution >= 4 is 34.4 Å². The topological polar surface area (TPSA) is 58.4 Å². The van der Waals surface area contributed by atoms with Gasteiger partial charge in [-0.15, -0.1) is 0 Å². The highest BCUT2D eigenvalue weighted by Gasteiger charge is 2.18. The molecule has 4 rings (SSSR count). The van der Waals surface area contributed by atoms with Crippen LogP contribution in [0.25, 0.3) is 10.9 Å². The van der Waals surface area contributed by atoms with Crippen molar-refractivity contribution in [2.24, 2.45) is 0 Å². The summed E-state index contributed by atoms with van der Waals surface area (Å²) in [5, 5.41) is 3.84. The molecule has 1 fully saturated rings. The summed E-state index contributed by atoms with van der Waals surface area (Å²) in [6, 6.07) is 13.5. The van der Waals surface area contributed by atoms with Crippen molar-refractivity contribution in [1.29, 1.82) is 0 Å². The Morgan fingerprint density at radius 2 is 2.04 bits per heavy atom. The number of para-hydroxylation sites is 1. The SMILES string of the molecule is Cc1ccc(CNC(=O)c2cc(N3CCSCC3)nc3ccccc23)o1. The fraction of sp³-hybridized carbons (Fsp3) is 0.300. The maximum absolute atomic E-state index is 12.9. The van der Waals surface area contributed by atoms with Crippen LogP contribution in [0.15, 0.2) is 46.9 Å². The molecule has 0 atom stereocenters. The molecule has 3 heterocycles. The number of furan rings is 1. The van der Waals surface area contributed by atoms with Crippen molar-refractivity contribution in [3.8, 4) is 0 Å². The zero-order valence-corrected chi connectivity index (χ0v) is 15.5. The Labute approximate surface area is 156 Å². The third-order valence-electron chi connectivity index (χ3n) is 4.50. The lowest BCUT2D eigenvalue weighted by molar-refractivity contribution is 0.0949. The molecule has 0 unspecified atom stereocenters. The summed E-state index contributed by atoms with van der Waals surface area (Å²) in [5.74, 6) is 4.55. The molecule has 0 spiro atoms. The fourth-order valence-electron chi connectivity index (χ4n) is 3.15. The van der Waals surface area contributed by atoms with E-state index in [0.717, 1.165) is 52.8 Å². The zero-order valence-electron chi connectivity index (χ0n) is 14.7. The second-order valence-electron chi connectivity index (χ2n) is 6.34. The number of amides is 1. The summed E-state index contributed by atoms with van der Waals surface area (Å²) in [6.45, 7) is 4.19. The highest BCUT2D eigenvalue weighted by Crippen LogP contribution is 2.25. The minimum absolute atomic E-state index is 0.106. The van der Waals surface area contributed by atoms with E-state index in [1.165, 1.54) is 0 Å². The van der Waals surface area contributed by atoms with E-state index >= 15 is 0 Å². The number of rotatable bonds is 4. The molecule has 2 aromatic heterocycles. The summed E-state index contributed by atoms with van der Waals surface area (Å²) in [4.78, 5) is 19.9. The molecule has 3 aromatic rings. The van der Waals surface area contributed by atoms with Crippen molar-refractivity contribution in [2.75, 3.05) is 29.5 Å². The van der Waals surface area contributed by atoms with Crippen LogP contribution in [-0.2, 0) is 6.54 Å². The van der Waals surface area contributed by atoms with Gasteiger partial charge in [0, 0.05) is 30.0 Å². The number of carbonyl (C=O) groups excluding carboxylic acids is 1. The van der Waals surface area contributed by atoms with Gasteiger partial charge in [-0.3, -0.25) is 4.79 Å². The molecule has 0 bridgehead atoms. The first-order valence-corrected chi connectivity index (χ1v) is 9.92. The Hall–Kier alpha value is -2.47. The first kappa shape index (κ1) is 17.0. The van der Waals surface area contributed by atoms with Crippen molar-refractivity contribution in [1.82, 2.24) is 10.3 Å². The van der Waals surface area contributed by atoms with Crippen LogP contribution in [0.1, 0.15) is 21.9 Å². The smallest absolute Gasteiger partial charge is 0.252 e. The van der Waals surface area contributed by atoms with Gasteiger partial charge in [0.25, 0.3) is 5.91 Å². The summed E-state index contributed by atoms with van der Waals surface area (Å²) in [7, 11) is 0. The molecule has 134 valence electrons. The lowest BCUT2D eigenvalue weighted by Gasteiger charge is -2.28. The molecule has 1 aromatic carbocycles. The van der Waals surface area contributed by atoms with E-state index in [4.69, 9.17) is 9.40 Å². The van der Waals surface area contributed by atoms with Crippen LogP contribution in [0.2, 0.25) is 0 Å². The van der Waals surface area contributed by atoms with Crippen LogP contribution in [0.4, 0.5) is 5.82 Å². The fourth-order valence-corrected chi connectivity index (χ4v) is 4.05. The van der Waals surface area contributed by atoms with Crippen molar-refractivity contribution < 1.29 is 9.21 Å². The van der Waals surface area contributed by atoms with E-state index in [1.807, 2.05) is 61.2 Å². The molecule has 1 N–H and O–H groups in total. The van der Waals surface area contributed by atoms with Crippen LogP contribution in [0.3, 0.4) is 0 Å². The summed E-state index contributed by atoms with van der Waals surface area (Å²) >= 11 is 1.96. The van der Waals surface area contributed by atoms with Crippen molar-refractivity contribution in [3.05, 3.63) is 59.5 Å². The second-order valence-corrected chi connectivity index (χ2v) is 7.56. The predicted octanol–water partition coefficient (Wildman–Crippen LogP) is 3.62. The first-order valence-electron chi connectivity index (χ1n) is 8.77. The van der Waals surface area contributed by atoms with Gasteiger partial charge in [0.2, 0.25) is 0 Å². The van der Waals surface area contributed by atoms with Gasteiger partial charge in [0.15, 0.2) is 0 Å². The standard InChI is InChI=1S/C20H21N3O2S/c1-14-6-7-15(25-14)13-21-20(24)17-12-19(23-8-10-26-11-9-23)22-18-5-3-2-4-16(17)18/h2-7,12H,8-11,13H2,1H3,(H,21,24). The van der Waals surface area contributed by atoms with Gasteiger partial charge in [-0.2, -0.15) is 11.8 Å². The molecule has 0 radical (unpaired) electrons. The maximum Gasteiger partial charge on any atom is 0.252 e. The number of fused-ring (bicyclic) bond motifs is 1. The van der Waals surface area contributed by atoms with E-state index in [9.17, 15) is 4.79 Å². The lowest BCUT2D eigenvalue weighted by atomic mass is 10.1. The minimum atomic E-state index is -0.106. The zero-order chi connectivity index (χ0) is 17.9. The van der Waals surface area contributed by atoms with Crippen LogP contribution >= 0.6 is 11.8 Å². The van der Waals surface area contributed by atoms with Crippen molar-refractivity contribution in [3.63, 3.8) is 0 Å². The molecule has 26 heavy (non-hydrogen) atoms. The Morgan fingerprint density at radius 3 is 2.81 bits per heavy atom. The summed E-state index contributed by atoms with van der Waals surface area (Å²) in [5.41, 5.74) is 1.51. The van der Waals surface area contributed by atoms with Crippen LogP contribution in [0.5, 0.6) is 0 Å². The molecule has 1 aliphatic heterocycles. The number of carbonyl (C=O) groups is 1. The Bertz CT molecular complexity index is 932. The van der Waals surface area contributed by atoms with Crippen LogP contribution in [0, 0.1) is 6.92 Å². The molecule has 6 heteroatoms. The van der Waals surface area contributed by atoms with Gasteiger partial charge in [0.1, 0.15) is 17.3 Å². The summed E-state index contributed by atoms with van der Waals surface area (Å²) < 4.78 is 5.54. The number of pyridine rings is 1. The number of thioether (sulfide) groups is 1. The average Bonchev–Trinajstić information content (AvgIpc) is 3.11. The van der Waals surface area contributed by atoms with Gasteiger partial charge < -0.3 is 14.6 Å². The third kappa shape index (κ3) is 3.55. The van der Waals surface area contributed by atoms with Crippen LogP contribution < -0.4 is 10.2 Å². The van der Waals surface area contributed by atoms with Crippen molar-refractivity contribution in [2.45, 2.75) is 13.5 Å².